The van der Waals surface area contributed by atoms with E-state index in [1.165, 1.54) is 0 Å². The number of anilines is 1. The number of benzene rings is 3. The van der Waals surface area contributed by atoms with E-state index in [-0.39, 0.29) is 34.1 Å². The molecule has 1 N–H and O–H groups in total. The Morgan fingerprint density at radius 1 is 0.932 bits per heavy atom. The number of carbonyl (C=O) groups is 2. The van der Waals surface area contributed by atoms with Gasteiger partial charge < -0.3 is 10.2 Å². The summed E-state index contributed by atoms with van der Waals surface area (Å²) in [7, 11) is -4.37. The number of alkyl halides is 3. The monoisotopic (exact) mass is 691 g/mol. The SMILES string of the molecule is CC[C@H](C)NC(=O)[C@@H](Cc1ccccc1)N(Cc1c(Cl)cccc1Cl)C(=O)CN(c1cc(C(F)(F)F)ccc1Cl)S(C)(=O)=O. The second kappa shape index (κ2) is 14.9. The zero-order valence-electron chi connectivity index (χ0n) is 24.0. The van der Waals surface area contributed by atoms with Crippen molar-refractivity contribution in [2.75, 3.05) is 17.1 Å². The lowest BCUT2D eigenvalue weighted by atomic mass is 10.0. The van der Waals surface area contributed by atoms with Crippen molar-refractivity contribution in [2.24, 2.45) is 0 Å². The first kappa shape index (κ1) is 35.5. The predicted molar refractivity (Wildman–Crippen MR) is 167 cm³/mol. The molecule has 0 unspecified atom stereocenters. The topological polar surface area (TPSA) is 86.8 Å². The smallest absolute Gasteiger partial charge is 0.352 e. The number of hydrogen-bond acceptors (Lipinski definition) is 4. The molecule has 0 aromatic heterocycles. The van der Waals surface area contributed by atoms with E-state index in [1.807, 2.05) is 6.92 Å². The van der Waals surface area contributed by atoms with E-state index in [0.717, 1.165) is 17.2 Å². The first-order chi connectivity index (χ1) is 20.5. The molecule has 0 aliphatic rings. The molecule has 0 saturated carbocycles. The maximum Gasteiger partial charge on any atom is 0.416 e. The summed E-state index contributed by atoms with van der Waals surface area (Å²) < 4.78 is 67.0. The highest BCUT2D eigenvalue weighted by atomic mass is 35.5. The number of hydrogen-bond donors (Lipinski definition) is 1. The number of nitrogens with one attached hydrogen (secondary N) is 1. The second-order valence-corrected chi connectivity index (χ2v) is 13.3. The number of rotatable bonds is 12. The summed E-state index contributed by atoms with van der Waals surface area (Å²) in [6, 6.07) is 14.2. The molecule has 0 aliphatic carbocycles. The largest absolute Gasteiger partial charge is 0.416 e. The van der Waals surface area contributed by atoms with Crippen molar-refractivity contribution in [2.45, 2.75) is 51.5 Å². The van der Waals surface area contributed by atoms with Crippen molar-refractivity contribution < 1.29 is 31.2 Å². The molecule has 0 radical (unpaired) electrons. The van der Waals surface area contributed by atoms with Crippen LogP contribution < -0.4 is 9.62 Å². The first-order valence-corrected chi connectivity index (χ1v) is 16.4. The van der Waals surface area contributed by atoms with E-state index in [9.17, 15) is 31.2 Å². The third-order valence-electron chi connectivity index (χ3n) is 6.88. The second-order valence-electron chi connectivity index (χ2n) is 10.2. The highest BCUT2D eigenvalue weighted by Gasteiger charge is 2.36. The summed E-state index contributed by atoms with van der Waals surface area (Å²) in [5.41, 5.74) is -0.716. The zero-order valence-corrected chi connectivity index (χ0v) is 27.1. The third kappa shape index (κ3) is 9.26. The van der Waals surface area contributed by atoms with E-state index in [4.69, 9.17) is 34.8 Å². The van der Waals surface area contributed by atoms with E-state index in [0.29, 0.717) is 34.0 Å². The molecule has 0 spiro atoms. The molecular weight excluding hydrogens is 662 g/mol. The van der Waals surface area contributed by atoms with Crippen LogP contribution in [0.4, 0.5) is 18.9 Å². The maximum absolute atomic E-state index is 14.2. The molecular formula is C30H31Cl3F3N3O4S. The summed E-state index contributed by atoms with van der Waals surface area (Å²) in [6.07, 6.45) is -3.46. The fourth-order valence-electron chi connectivity index (χ4n) is 4.32. The molecule has 14 heteroatoms. The average molecular weight is 693 g/mol. The molecule has 0 aliphatic heterocycles. The van der Waals surface area contributed by atoms with Crippen molar-refractivity contribution in [3.05, 3.63) is 98.5 Å². The van der Waals surface area contributed by atoms with Crippen LogP contribution in [0.2, 0.25) is 15.1 Å². The minimum absolute atomic E-state index is 0.0279. The molecule has 238 valence electrons. The lowest BCUT2D eigenvalue weighted by Gasteiger charge is -2.34. The summed E-state index contributed by atoms with van der Waals surface area (Å²) in [4.78, 5) is 29.0. The molecule has 2 amide bonds. The van der Waals surface area contributed by atoms with Gasteiger partial charge in [-0.05, 0) is 49.2 Å². The Bertz CT molecular complexity index is 1570. The molecule has 3 aromatic carbocycles. The van der Waals surface area contributed by atoms with Gasteiger partial charge >= 0.3 is 6.18 Å². The molecule has 0 bridgehead atoms. The normalized spacial score (nSPS) is 13.2. The third-order valence-corrected chi connectivity index (χ3v) is 9.04. The van der Waals surface area contributed by atoms with E-state index >= 15 is 0 Å². The van der Waals surface area contributed by atoms with Crippen LogP contribution in [0.5, 0.6) is 0 Å². The fourth-order valence-corrected chi connectivity index (χ4v) is 5.96. The van der Waals surface area contributed by atoms with Gasteiger partial charge in [-0.1, -0.05) is 78.1 Å². The minimum atomic E-state index is -4.81. The van der Waals surface area contributed by atoms with Crippen LogP contribution >= 0.6 is 34.8 Å². The van der Waals surface area contributed by atoms with Gasteiger partial charge in [0.05, 0.1) is 22.5 Å². The van der Waals surface area contributed by atoms with Crippen LogP contribution in [-0.4, -0.2) is 50.0 Å². The zero-order chi connectivity index (χ0) is 32.8. The van der Waals surface area contributed by atoms with Gasteiger partial charge in [0.2, 0.25) is 21.8 Å². The first-order valence-electron chi connectivity index (χ1n) is 13.4. The molecule has 3 aromatic rings. The van der Waals surface area contributed by atoms with Crippen molar-refractivity contribution in [1.82, 2.24) is 10.2 Å². The van der Waals surface area contributed by atoms with Gasteiger partial charge in [0, 0.05) is 34.6 Å². The molecule has 0 fully saturated rings. The number of halogens is 6. The lowest BCUT2D eigenvalue weighted by Crippen LogP contribution is -2.54. The fraction of sp³-hybridized carbons (Fsp3) is 0.333. The number of sulfonamides is 1. The van der Waals surface area contributed by atoms with Crippen LogP contribution in [-0.2, 0) is 38.8 Å². The maximum atomic E-state index is 14.2. The van der Waals surface area contributed by atoms with Crippen LogP contribution in [0, 0.1) is 0 Å². The molecule has 2 atom stereocenters. The van der Waals surface area contributed by atoms with Crippen molar-refractivity contribution in [1.29, 1.82) is 0 Å². The van der Waals surface area contributed by atoms with Crippen molar-refractivity contribution >= 4 is 62.3 Å². The van der Waals surface area contributed by atoms with Gasteiger partial charge in [0.15, 0.2) is 0 Å². The summed E-state index contributed by atoms with van der Waals surface area (Å²) >= 11 is 19.0. The Labute approximate surface area is 269 Å². The molecule has 0 saturated heterocycles. The number of carbonyl (C=O) groups excluding carboxylic acids is 2. The van der Waals surface area contributed by atoms with Gasteiger partial charge in [-0.15, -0.1) is 0 Å². The standard InChI is InChI=1S/C30H31Cl3F3N3O4S/c1-4-19(2)37-29(41)27(15-20-9-6-5-7-10-20)38(17-22-23(31)11-8-12-24(22)32)28(40)18-39(44(3,42)43)26-16-21(30(34,35)36)13-14-25(26)33/h5-14,16,19,27H,4,15,17-18H2,1-3H3,(H,37,41)/t19-,27+/m0/s1. The number of amides is 2. The van der Waals surface area contributed by atoms with E-state index < -0.39 is 51.9 Å². The highest BCUT2D eigenvalue weighted by molar-refractivity contribution is 7.92. The Morgan fingerprint density at radius 3 is 2.09 bits per heavy atom. The molecule has 7 nitrogen and oxygen atoms in total. The quantitative estimate of drug-likeness (QED) is 0.222. The highest BCUT2D eigenvalue weighted by Crippen LogP contribution is 2.36. The Hall–Kier alpha value is -2.99. The molecule has 0 heterocycles. The predicted octanol–water partition coefficient (Wildman–Crippen LogP) is 6.99. The van der Waals surface area contributed by atoms with Gasteiger partial charge in [-0.25, -0.2) is 8.42 Å². The Balaban J connectivity index is 2.17. The minimum Gasteiger partial charge on any atom is -0.352 e. The van der Waals surface area contributed by atoms with Crippen LogP contribution in [0.1, 0.15) is 37.0 Å². The molecule has 44 heavy (non-hydrogen) atoms. The van der Waals surface area contributed by atoms with Crippen molar-refractivity contribution in [3.63, 3.8) is 0 Å². The Kier molecular flexibility index (Phi) is 12.0. The van der Waals surface area contributed by atoms with Gasteiger partial charge in [0.25, 0.3) is 0 Å². The van der Waals surface area contributed by atoms with Crippen LogP contribution in [0.15, 0.2) is 66.7 Å². The Morgan fingerprint density at radius 2 is 1.55 bits per heavy atom. The van der Waals surface area contributed by atoms with Gasteiger partial charge in [0.1, 0.15) is 12.6 Å². The van der Waals surface area contributed by atoms with Gasteiger partial charge in [-0.2, -0.15) is 13.2 Å². The summed E-state index contributed by atoms with van der Waals surface area (Å²) in [6.45, 7) is 2.38. The van der Waals surface area contributed by atoms with E-state index in [1.54, 1.807) is 55.5 Å². The van der Waals surface area contributed by atoms with Gasteiger partial charge in [-0.3, -0.25) is 13.9 Å². The molecule has 3 rings (SSSR count). The summed E-state index contributed by atoms with van der Waals surface area (Å²) in [5.74, 6) is -1.43. The lowest BCUT2D eigenvalue weighted by molar-refractivity contribution is -0.140. The van der Waals surface area contributed by atoms with Crippen molar-refractivity contribution in [3.8, 4) is 0 Å². The van der Waals surface area contributed by atoms with Crippen LogP contribution in [0.3, 0.4) is 0 Å². The summed E-state index contributed by atoms with van der Waals surface area (Å²) in [5, 5.41) is 2.93. The average Bonchev–Trinajstić information content (AvgIpc) is 2.94. The van der Waals surface area contributed by atoms with E-state index in [2.05, 4.69) is 5.32 Å². The van der Waals surface area contributed by atoms with Crippen LogP contribution in [0.25, 0.3) is 0 Å². The number of nitrogens with zero attached hydrogens (tertiary/aromatic N) is 2.